The van der Waals surface area contributed by atoms with Crippen LogP contribution in [0.15, 0.2) is 40.8 Å². The number of amides is 1. The molecule has 2 aromatic rings. The molecule has 20 heavy (non-hydrogen) atoms. The maximum Gasteiger partial charge on any atom is 0.280 e. The van der Waals surface area contributed by atoms with Crippen LogP contribution >= 0.6 is 33.9 Å². The van der Waals surface area contributed by atoms with Gasteiger partial charge in [-0.15, -0.1) is 11.3 Å². The van der Waals surface area contributed by atoms with Crippen LogP contribution < -0.4 is 5.43 Å². The van der Waals surface area contributed by atoms with Gasteiger partial charge in [-0.3, -0.25) is 14.9 Å². The Morgan fingerprint density at radius 2 is 2.25 bits per heavy atom. The Bertz CT molecular complexity index is 684. The molecule has 0 unspecified atom stereocenters. The number of nitro groups is 1. The molecule has 0 aliphatic carbocycles. The first-order chi connectivity index (χ1) is 9.56. The van der Waals surface area contributed by atoms with Crippen LogP contribution in [0.2, 0.25) is 0 Å². The van der Waals surface area contributed by atoms with Gasteiger partial charge in [0, 0.05) is 15.2 Å². The Labute approximate surface area is 131 Å². The Kier molecular flexibility index (Phi) is 4.79. The first-order valence-corrected chi connectivity index (χ1v) is 7.34. The van der Waals surface area contributed by atoms with Crippen molar-refractivity contribution in [3.8, 4) is 0 Å². The highest BCUT2D eigenvalue weighted by atomic mass is 127. The maximum atomic E-state index is 11.8. The zero-order chi connectivity index (χ0) is 14.5. The largest absolute Gasteiger partial charge is 0.280 e. The van der Waals surface area contributed by atoms with E-state index in [0.717, 1.165) is 3.57 Å². The molecular weight excluding hydrogens is 393 g/mol. The summed E-state index contributed by atoms with van der Waals surface area (Å²) in [5.41, 5.74) is 2.90. The van der Waals surface area contributed by atoms with Crippen LogP contribution in [0.25, 0.3) is 0 Å². The van der Waals surface area contributed by atoms with Gasteiger partial charge in [-0.2, -0.15) is 5.10 Å². The molecule has 1 aromatic heterocycles. The van der Waals surface area contributed by atoms with E-state index in [1.165, 1.54) is 29.0 Å². The number of hydrogen-bond acceptors (Lipinski definition) is 5. The van der Waals surface area contributed by atoms with Gasteiger partial charge >= 0.3 is 0 Å². The van der Waals surface area contributed by atoms with Crippen LogP contribution in [0.5, 0.6) is 0 Å². The van der Waals surface area contributed by atoms with Crippen molar-refractivity contribution in [2.75, 3.05) is 0 Å². The summed E-state index contributed by atoms with van der Waals surface area (Å²) in [6.07, 6.45) is 1.38. The first kappa shape index (κ1) is 14.6. The monoisotopic (exact) mass is 401 g/mol. The molecule has 102 valence electrons. The van der Waals surface area contributed by atoms with Crippen molar-refractivity contribution in [2.45, 2.75) is 0 Å². The third-order valence-corrected chi connectivity index (χ3v) is 3.79. The molecule has 0 fully saturated rings. The molecular formula is C12H8IN3O3S. The van der Waals surface area contributed by atoms with Crippen LogP contribution in [0, 0.1) is 13.7 Å². The van der Waals surface area contributed by atoms with E-state index in [-0.39, 0.29) is 11.6 Å². The van der Waals surface area contributed by atoms with Crippen molar-refractivity contribution in [3.63, 3.8) is 0 Å². The number of hydrazone groups is 1. The van der Waals surface area contributed by atoms with Gasteiger partial charge in [0.1, 0.15) is 0 Å². The van der Waals surface area contributed by atoms with E-state index in [0.29, 0.717) is 10.4 Å². The minimum Gasteiger partial charge on any atom is -0.267 e. The van der Waals surface area contributed by atoms with E-state index in [4.69, 9.17) is 0 Å². The zero-order valence-electron chi connectivity index (χ0n) is 9.95. The van der Waals surface area contributed by atoms with Crippen molar-refractivity contribution in [1.82, 2.24) is 5.43 Å². The second kappa shape index (κ2) is 6.57. The Balaban J connectivity index is 1.99. The van der Waals surface area contributed by atoms with Gasteiger partial charge in [0.2, 0.25) is 0 Å². The SMILES string of the molecule is O=C(N/N=C/c1cc([N+](=O)[O-])cs1)c1cccc(I)c1. The molecule has 0 radical (unpaired) electrons. The van der Waals surface area contributed by atoms with Crippen molar-refractivity contribution >= 4 is 51.7 Å². The summed E-state index contributed by atoms with van der Waals surface area (Å²) in [4.78, 5) is 22.4. The molecule has 1 N–H and O–H groups in total. The standard InChI is InChI=1S/C12H8IN3O3S/c13-9-3-1-2-8(4-9)12(17)15-14-6-11-5-10(7-20-11)16(18)19/h1-7H,(H,15,17)/b14-6+. The lowest BCUT2D eigenvalue weighted by Crippen LogP contribution is -2.17. The number of nitrogens with zero attached hydrogens (tertiary/aromatic N) is 2. The van der Waals surface area contributed by atoms with E-state index in [2.05, 4.69) is 33.1 Å². The number of halogens is 1. The van der Waals surface area contributed by atoms with Crippen LogP contribution in [0.4, 0.5) is 5.69 Å². The van der Waals surface area contributed by atoms with Crippen LogP contribution in [0.1, 0.15) is 15.2 Å². The van der Waals surface area contributed by atoms with E-state index in [1.807, 2.05) is 6.07 Å². The summed E-state index contributed by atoms with van der Waals surface area (Å²) in [6.45, 7) is 0. The van der Waals surface area contributed by atoms with Crippen LogP contribution in [-0.4, -0.2) is 17.0 Å². The number of carbonyl (C=O) groups is 1. The van der Waals surface area contributed by atoms with Gasteiger partial charge < -0.3 is 0 Å². The fraction of sp³-hybridized carbons (Fsp3) is 0. The molecule has 0 saturated heterocycles. The van der Waals surface area contributed by atoms with E-state index in [1.54, 1.807) is 18.2 Å². The second-order valence-electron chi connectivity index (χ2n) is 3.67. The van der Waals surface area contributed by atoms with Crippen molar-refractivity contribution < 1.29 is 9.72 Å². The van der Waals surface area contributed by atoms with Crippen LogP contribution in [0.3, 0.4) is 0 Å². The fourth-order valence-corrected chi connectivity index (χ4v) is 2.61. The molecule has 2 rings (SSSR count). The molecule has 0 saturated carbocycles. The lowest BCUT2D eigenvalue weighted by Gasteiger charge is -1.99. The third kappa shape index (κ3) is 3.84. The van der Waals surface area contributed by atoms with Gasteiger partial charge in [-0.1, -0.05) is 6.07 Å². The predicted molar refractivity (Wildman–Crippen MR) is 85.2 cm³/mol. The van der Waals surface area contributed by atoms with Crippen molar-refractivity contribution in [2.24, 2.45) is 5.10 Å². The lowest BCUT2D eigenvalue weighted by atomic mass is 10.2. The number of rotatable bonds is 4. The molecule has 0 aliphatic rings. The summed E-state index contributed by atoms with van der Waals surface area (Å²) < 4.78 is 0.952. The predicted octanol–water partition coefficient (Wildman–Crippen LogP) is 3.02. The maximum absolute atomic E-state index is 11.8. The highest BCUT2D eigenvalue weighted by molar-refractivity contribution is 14.1. The number of nitrogens with one attached hydrogen (secondary N) is 1. The van der Waals surface area contributed by atoms with Gasteiger partial charge in [-0.05, 0) is 40.8 Å². The third-order valence-electron chi connectivity index (χ3n) is 2.26. The minimum absolute atomic E-state index is 0.0142. The normalized spacial score (nSPS) is 10.7. The zero-order valence-corrected chi connectivity index (χ0v) is 12.9. The smallest absolute Gasteiger partial charge is 0.267 e. The number of benzene rings is 1. The minimum atomic E-state index is -0.474. The summed E-state index contributed by atoms with van der Waals surface area (Å²) >= 11 is 3.30. The molecule has 0 bridgehead atoms. The van der Waals surface area contributed by atoms with E-state index in [9.17, 15) is 14.9 Å². The van der Waals surface area contributed by atoms with Gasteiger partial charge in [0.05, 0.1) is 21.4 Å². The topological polar surface area (TPSA) is 84.6 Å². The van der Waals surface area contributed by atoms with Crippen molar-refractivity contribution in [3.05, 3.63) is 59.8 Å². The van der Waals surface area contributed by atoms with Crippen LogP contribution in [-0.2, 0) is 0 Å². The average Bonchev–Trinajstić information content (AvgIpc) is 2.87. The van der Waals surface area contributed by atoms with Gasteiger partial charge in [-0.25, -0.2) is 5.43 Å². The highest BCUT2D eigenvalue weighted by Gasteiger charge is 2.08. The molecule has 6 nitrogen and oxygen atoms in total. The fourth-order valence-electron chi connectivity index (χ4n) is 1.35. The lowest BCUT2D eigenvalue weighted by molar-refractivity contribution is -0.384. The van der Waals surface area contributed by atoms with Gasteiger partial charge in [0.15, 0.2) is 0 Å². The summed E-state index contributed by atoms with van der Waals surface area (Å²) in [5, 5.41) is 15.7. The Morgan fingerprint density at radius 3 is 2.90 bits per heavy atom. The molecule has 1 aromatic carbocycles. The highest BCUT2D eigenvalue weighted by Crippen LogP contribution is 2.19. The van der Waals surface area contributed by atoms with Gasteiger partial charge in [0.25, 0.3) is 11.6 Å². The van der Waals surface area contributed by atoms with Crippen molar-refractivity contribution in [1.29, 1.82) is 0 Å². The molecule has 0 spiro atoms. The molecule has 8 heteroatoms. The summed E-state index contributed by atoms with van der Waals surface area (Å²) in [5.74, 6) is -0.328. The molecule has 0 aliphatic heterocycles. The Hall–Kier alpha value is -1.81. The van der Waals surface area contributed by atoms with E-state index < -0.39 is 4.92 Å². The quantitative estimate of drug-likeness (QED) is 0.370. The summed E-state index contributed by atoms with van der Waals surface area (Å²) in [7, 11) is 0. The molecule has 0 atom stereocenters. The molecule has 1 heterocycles. The van der Waals surface area contributed by atoms with E-state index >= 15 is 0 Å². The second-order valence-corrected chi connectivity index (χ2v) is 5.86. The number of thiophene rings is 1. The molecule has 1 amide bonds. The number of hydrogen-bond donors (Lipinski definition) is 1. The number of carbonyl (C=O) groups excluding carboxylic acids is 1. The first-order valence-electron chi connectivity index (χ1n) is 5.38. The average molecular weight is 401 g/mol. The Morgan fingerprint density at radius 1 is 1.45 bits per heavy atom. The summed E-state index contributed by atoms with van der Waals surface area (Å²) in [6, 6.07) is 8.48.